The summed E-state index contributed by atoms with van der Waals surface area (Å²) in [7, 11) is 0. The van der Waals surface area contributed by atoms with Gasteiger partial charge in [-0.05, 0) is 48.5 Å². The fourth-order valence-electron chi connectivity index (χ4n) is 2.13. The Morgan fingerprint density at radius 1 is 0.609 bits per heavy atom. The molecule has 4 aromatic rings. The first-order valence-electron chi connectivity index (χ1n) is 6.80. The van der Waals surface area contributed by atoms with Crippen molar-refractivity contribution >= 4 is 21.8 Å². The number of hydrogen-bond acceptors (Lipinski definition) is 4. The molecule has 2 N–H and O–H groups in total. The van der Waals surface area contributed by atoms with Crippen LogP contribution in [0, 0.1) is 0 Å². The predicted molar refractivity (Wildman–Crippen MR) is 86.8 cm³/mol. The number of fused-ring (bicyclic) bond motifs is 2. The van der Waals surface area contributed by atoms with E-state index in [-0.39, 0.29) is 31.0 Å². The number of aromatic nitrogens is 2. The molecule has 0 fully saturated rings. The molecule has 4 nitrogen and oxygen atoms in total. The molecule has 0 aliphatic carbocycles. The van der Waals surface area contributed by atoms with Crippen molar-refractivity contribution < 1.29 is 29.7 Å². The van der Waals surface area contributed by atoms with E-state index in [9.17, 15) is 0 Å². The van der Waals surface area contributed by atoms with Crippen LogP contribution in [0.15, 0.2) is 73.1 Å². The Morgan fingerprint density at radius 2 is 1.04 bits per heavy atom. The summed E-state index contributed by atoms with van der Waals surface area (Å²) in [5, 5.41) is 20.1. The van der Waals surface area contributed by atoms with Gasteiger partial charge in [0.1, 0.15) is 11.5 Å². The van der Waals surface area contributed by atoms with E-state index in [2.05, 4.69) is 9.97 Å². The number of hydrogen-bond donors (Lipinski definition) is 2. The Morgan fingerprint density at radius 3 is 1.48 bits per heavy atom. The quantitative estimate of drug-likeness (QED) is 0.470. The average molecular weight is 356 g/mol. The van der Waals surface area contributed by atoms with E-state index in [1.165, 1.54) is 0 Å². The Hall–Kier alpha value is -2.52. The van der Waals surface area contributed by atoms with Crippen LogP contribution in [0.1, 0.15) is 0 Å². The van der Waals surface area contributed by atoms with Crippen molar-refractivity contribution in [3.05, 3.63) is 73.1 Å². The zero-order valence-corrected chi connectivity index (χ0v) is 15.4. The predicted octanol–water partition coefficient (Wildman–Crippen LogP) is 3.88. The van der Waals surface area contributed by atoms with Gasteiger partial charge in [0.05, 0.1) is 11.0 Å². The minimum Gasteiger partial charge on any atom is -0.508 e. The first-order chi connectivity index (χ1) is 10.7. The zero-order chi connectivity index (χ0) is 15.4. The van der Waals surface area contributed by atoms with Crippen molar-refractivity contribution in [1.29, 1.82) is 0 Å². The molecule has 0 atom stereocenters. The summed E-state index contributed by atoms with van der Waals surface area (Å²) < 4.78 is 0. The molecular weight excluding hydrogens is 342 g/mol. The maximum Gasteiger partial charge on any atom is 0.116 e. The summed E-state index contributed by atoms with van der Waals surface area (Å²) in [6.07, 6.45) is 3.47. The van der Waals surface area contributed by atoms with E-state index < -0.39 is 0 Å². The third kappa shape index (κ3) is 4.24. The van der Waals surface area contributed by atoms with Crippen LogP contribution < -0.4 is 0 Å². The molecule has 0 amide bonds. The summed E-state index contributed by atoms with van der Waals surface area (Å²) in [5.74, 6) is 0.566. The molecule has 2 aromatic heterocycles. The molecule has 5 heteroatoms. The first-order valence-corrected chi connectivity index (χ1v) is 6.80. The second kappa shape index (κ2) is 7.66. The number of pyridine rings is 2. The van der Waals surface area contributed by atoms with E-state index in [4.69, 9.17) is 10.2 Å². The summed E-state index contributed by atoms with van der Waals surface area (Å²) in [6, 6.07) is 17.8. The van der Waals surface area contributed by atoms with Crippen LogP contribution >= 0.6 is 0 Å². The molecule has 23 heavy (non-hydrogen) atoms. The second-order valence-electron chi connectivity index (χ2n) is 4.76. The number of phenolic OH excluding ortho intramolecular Hbond substituents is 2. The van der Waals surface area contributed by atoms with Crippen LogP contribution in [-0.2, 0) is 19.5 Å². The van der Waals surface area contributed by atoms with Gasteiger partial charge < -0.3 is 10.2 Å². The summed E-state index contributed by atoms with van der Waals surface area (Å²) >= 11 is 0. The largest absolute Gasteiger partial charge is 0.508 e. The molecule has 0 unspecified atom stereocenters. The molecule has 0 spiro atoms. The number of benzene rings is 2. The topological polar surface area (TPSA) is 66.2 Å². The first kappa shape index (κ1) is 16.8. The zero-order valence-electron chi connectivity index (χ0n) is 12.4. The van der Waals surface area contributed by atoms with Crippen molar-refractivity contribution in [3.63, 3.8) is 0 Å². The maximum atomic E-state index is 9.10. The molecule has 0 bridgehead atoms. The summed E-state index contributed by atoms with van der Waals surface area (Å²) in [6.45, 7) is 0. The molecule has 2 aromatic carbocycles. The molecule has 110 valence electrons. The smallest absolute Gasteiger partial charge is 0.116 e. The third-order valence-corrected chi connectivity index (χ3v) is 3.17. The van der Waals surface area contributed by atoms with Crippen molar-refractivity contribution in [3.8, 4) is 11.5 Å². The van der Waals surface area contributed by atoms with Gasteiger partial charge in [-0.25, -0.2) is 0 Å². The normalized spacial score (nSPS) is 9.74. The SMILES string of the molecule is Oc1ccc2ncccc2c1.Oc1ccc2ncccc2c1.[Zn]. The molecule has 0 radical (unpaired) electrons. The van der Waals surface area contributed by atoms with Crippen molar-refractivity contribution in [2.24, 2.45) is 0 Å². The minimum atomic E-state index is 0. The van der Waals surface area contributed by atoms with Gasteiger partial charge in [-0.3, -0.25) is 9.97 Å². The van der Waals surface area contributed by atoms with Gasteiger partial charge in [-0.2, -0.15) is 0 Å². The molecular formula is C18H14N2O2Zn. The second-order valence-corrected chi connectivity index (χ2v) is 4.76. The van der Waals surface area contributed by atoms with Crippen LogP contribution in [0.3, 0.4) is 0 Å². The molecule has 0 aliphatic heterocycles. The van der Waals surface area contributed by atoms with Gasteiger partial charge in [0.2, 0.25) is 0 Å². The van der Waals surface area contributed by atoms with Crippen molar-refractivity contribution in [2.45, 2.75) is 0 Å². The van der Waals surface area contributed by atoms with Crippen LogP contribution in [0.5, 0.6) is 11.5 Å². The van der Waals surface area contributed by atoms with Gasteiger partial charge >= 0.3 is 0 Å². The molecule has 0 saturated carbocycles. The summed E-state index contributed by atoms with van der Waals surface area (Å²) in [4.78, 5) is 8.22. The van der Waals surface area contributed by atoms with Gasteiger partial charge in [-0.15, -0.1) is 0 Å². The van der Waals surface area contributed by atoms with Gasteiger partial charge in [0.25, 0.3) is 0 Å². The van der Waals surface area contributed by atoms with E-state index in [0.29, 0.717) is 0 Å². The van der Waals surface area contributed by atoms with Crippen LogP contribution in [0.25, 0.3) is 21.8 Å². The molecule has 0 saturated heterocycles. The monoisotopic (exact) mass is 354 g/mol. The van der Waals surface area contributed by atoms with Crippen molar-refractivity contribution in [2.75, 3.05) is 0 Å². The third-order valence-electron chi connectivity index (χ3n) is 3.17. The van der Waals surface area contributed by atoms with Gasteiger partial charge in [0, 0.05) is 42.6 Å². The van der Waals surface area contributed by atoms with Crippen LogP contribution in [-0.4, -0.2) is 20.2 Å². The fraction of sp³-hybridized carbons (Fsp3) is 0. The van der Waals surface area contributed by atoms with Crippen molar-refractivity contribution in [1.82, 2.24) is 9.97 Å². The number of nitrogens with zero attached hydrogens (tertiary/aromatic N) is 2. The number of rotatable bonds is 0. The Kier molecular flexibility index (Phi) is 5.61. The molecule has 0 aliphatic rings. The summed E-state index contributed by atoms with van der Waals surface area (Å²) in [5.41, 5.74) is 1.82. The molecule has 4 rings (SSSR count). The Bertz CT molecular complexity index is 851. The average Bonchev–Trinajstić information content (AvgIpc) is 2.55. The van der Waals surface area contributed by atoms with Crippen LogP contribution in [0.2, 0.25) is 0 Å². The fourth-order valence-corrected chi connectivity index (χ4v) is 2.13. The van der Waals surface area contributed by atoms with Gasteiger partial charge in [-0.1, -0.05) is 12.1 Å². The Labute approximate surface area is 146 Å². The molecule has 2 heterocycles. The maximum absolute atomic E-state index is 9.10. The van der Waals surface area contributed by atoms with Gasteiger partial charge in [0.15, 0.2) is 0 Å². The number of aromatic hydroxyl groups is 2. The number of phenols is 2. The van der Waals surface area contributed by atoms with E-state index >= 15 is 0 Å². The minimum absolute atomic E-state index is 0. The van der Waals surface area contributed by atoms with E-state index in [1.54, 1.807) is 48.8 Å². The standard InChI is InChI=1S/2C9H7NO.Zn/c2*11-8-3-4-9-7(6-8)2-1-5-10-9;/h2*1-6,11H;. The Balaban J connectivity index is 0.000000160. The van der Waals surface area contributed by atoms with E-state index in [1.807, 2.05) is 24.3 Å². The van der Waals surface area contributed by atoms with E-state index in [0.717, 1.165) is 21.8 Å². The van der Waals surface area contributed by atoms with Crippen LogP contribution in [0.4, 0.5) is 0 Å².